The minimum absolute atomic E-state index is 0.200. The molecule has 0 saturated carbocycles. The van der Waals surface area contributed by atoms with Crippen LogP contribution in [0.1, 0.15) is 45.4 Å². The van der Waals surface area contributed by atoms with Crippen molar-refractivity contribution in [2.24, 2.45) is 11.8 Å². The molecular weight excluding hydrogens is 246 g/mol. The van der Waals surface area contributed by atoms with Crippen molar-refractivity contribution >= 4 is 17.7 Å². The van der Waals surface area contributed by atoms with Crippen molar-refractivity contribution in [1.29, 1.82) is 0 Å². The van der Waals surface area contributed by atoms with E-state index >= 15 is 0 Å². The Hall–Kier alpha value is -0.220. The second-order valence-electron chi connectivity index (χ2n) is 5.23. The van der Waals surface area contributed by atoms with Crippen LogP contribution >= 0.6 is 11.8 Å². The van der Waals surface area contributed by atoms with Gasteiger partial charge in [0.1, 0.15) is 0 Å². The fourth-order valence-corrected chi connectivity index (χ4v) is 3.69. The van der Waals surface area contributed by atoms with E-state index in [0.29, 0.717) is 18.3 Å². The number of hydrogen-bond donors (Lipinski definition) is 2. The first-order valence-electron chi connectivity index (χ1n) is 7.21. The van der Waals surface area contributed by atoms with Gasteiger partial charge in [0.25, 0.3) is 0 Å². The topological polar surface area (TPSA) is 49.3 Å². The van der Waals surface area contributed by atoms with E-state index in [9.17, 15) is 4.79 Å². The summed E-state index contributed by atoms with van der Waals surface area (Å²) in [7, 11) is 0. The number of hydrogen-bond acceptors (Lipinski definition) is 3. The predicted octanol–water partition coefficient (Wildman–Crippen LogP) is 2.43. The molecule has 4 heteroatoms. The third-order valence-corrected chi connectivity index (χ3v) is 4.69. The number of rotatable bonds is 8. The van der Waals surface area contributed by atoms with Gasteiger partial charge in [0.15, 0.2) is 0 Å². The zero-order valence-corrected chi connectivity index (χ0v) is 12.3. The fourth-order valence-electron chi connectivity index (χ4n) is 2.48. The standard InChI is InChI=1S/C14H27NO2S/c1-2-3-13(4-7-16)11-15-14(17)10-12-5-8-18-9-6-12/h12-13,16H,2-11H2,1H3,(H,15,17). The number of aliphatic hydroxyl groups is 1. The SMILES string of the molecule is CCCC(CCO)CNC(=O)CC1CCSCC1. The summed E-state index contributed by atoms with van der Waals surface area (Å²) in [6.07, 6.45) is 6.06. The molecule has 2 N–H and O–H groups in total. The molecule has 1 aliphatic rings. The van der Waals surface area contributed by atoms with Crippen LogP contribution in [-0.4, -0.2) is 35.7 Å². The Morgan fingerprint density at radius 2 is 2.11 bits per heavy atom. The minimum Gasteiger partial charge on any atom is -0.396 e. The number of aliphatic hydroxyl groups excluding tert-OH is 1. The molecule has 1 saturated heterocycles. The maximum absolute atomic E-state index is 11.8. The van der Waals surface area contributed by atoms with Gasteiger partial charge in [0.2, 0.25) is 5.91 Å². The smallest absolute Gasteiger partial charge is 0.220 e. The summed E-state index contributed by atoms with van der Waals surface area (Å²) < 4.78 is 0. The molecule has 0 aromatic heterocycles. The maximum atomic E-state index is 11.8. The van der Waals surface area contributed by atoms with Crippen LogP contribution in [0, 0.1) is 11.8 Å². The maximum Gasteiger partial charge on any atom is 0.220 e. The molecular formula is C14H27NO2S. The molecule has 3 nitrogen and oxygen atoms in total. The van der Waals surface area contributed by atoms with Gasteiger partial charge in [-0.3, -0.25) is 4.79 Å². The average molecular weight is 273 g/mol. The lowest BCUT2D eigenvalue weighted by Gasteiger charge is -2.21. The zero-order chi connectivity index (χ0) is 13.2. The van der Waals surface area contributed by atoms with E-state index in [1.165, 1.54) is 24.3 Å². The highest BCUT2D eigenvalue weighted by Crippen LogP contribution is 2.25. The van der Waals surface area contributed by atoms with Crippen LogP contribution in [-0.2, 0) is 4.79 Å². The highest BCUT2D eigenvalue weighted by Gasteiger charge is 2.17. The van der Waals surface area contributed by atoms with Crippen molar-refractivity contribution < 1.29 is 9.90 Å². The van der Waals surface area contributed by atoms with Gasteiger partial charge in [0, 0.05) is 19.6 Å². The van der Waals surface area contributed by atoms with Gasteiger partial charge < -0.3 is 10.4 Å². The summed E-state index contributed by atoms with van der Waals surface area (Å²) in [6.45, 7) is 3.10. The van der Waals surface area contributed by atoms with Crippen molar-refractivity contribution in [3.05, 3.63) is 0 Å². The van der Waals surface area contributed by atoms with E-state index in [-0.39, 0.29) is 12.5 Å². The van der Waals surface area contributed by atoms with Crippen LogP contribution in [0.3, 0.4) is 0 Å². The lowest BCUT2D eigenvalue weighted by Crippen LogP contribution is -2.31. The molecule has 1 fully saturated rings. The number of carbonyl (C=O) groups excluding carboxylic acids is 1. The summed E-state index contributed by atoms with van der Waals surface area (Å²) in [5, 5.41) is 12.0. The quantitative estimate of drug-likeness (QED) is 0.714. The number of nitrogens with one attached hydrogen (secondary N) is 1. The molecule has 0 aliphatic carbocycles. The average Bonchev–Trinajstić information content (AvgIpc) is 2.38. The Morgan fingerprint density at radius 1 is 1.39 bits per heavy atom. The third kappa shape index (κ3) is 6.64. The Labute approximate surface area is 115 Å². The summed E-state index contributed by atoms with van der Waals surface area (Å²) in [4.78, 5) is 11.8. The van der Waals surface area contributed by atoms with Crippen molar-refractivity contribution in [2.75, 3.05) is 24.7 Å². The van der Waals surface area contributed by atoms with Crippen LogP contribution in [0.25, 0.3) is 0 Å². The van der Waals surface area contributed by atoms with Gasteiger partial charge in [-0.2, -0.15) is 11.8 Å². The highest BCUT2D eigenvalue weighted by atomic mass is 32.2. The van der Waals surface area contributed by atoms with Crippen molar-refractivity contribution in [3.8, 4) is 0 Å². The minimum atomic E-state index is 0.200. The van der Waals surface area contributed by atoms with Gasteiger partial charge in [-0.25, -0.2) is 0 Å². The normalized spacial score (nSPS) is 18.6. The van der Waals surface area contributed by atoms with Gasteiger partial charge in [0.05, 0.1) is 0 Å². The summed E-state index contributed by atoms with van der Waals surface area (Å²) in [5.74, 6) is 3.65. The van der Waals surface area contributed by atoms with Crippen molar-refractivity contribution in [1.82, 2.24) is 5.32 Å². The molecule has 0 radical (unpaired) electrons. The fraction of sp³-hybridized carbons (Fsp3) is 0.929. The first-order valence-corrected chi connectivity index (χ1v) is 8.37. The Bertz CT molecular complexity index is 224. The van der Waals surface area contributed by atoms with E-state index in [4.69, 9.17) is 5.11 Å². The van der Waals surface area contributed by atoms with E-state index < -0.39 is 0 Å². The van der Waals surface area contributed by atoms with Crippen LogP contribution in [0.2, 0.25) is 0 Å². The number of thioether (sulfide) groups is 1. The summed E-state index contributed by atoms with van der Waals surface area (Å²) >= 11 is 2.00. The molecule has 106 valence electrons. The number of amides is 1. The van der Waals surface area contributed by atoms with Gasteiger partial charge in [-0.05, 0) is 49.0 Å². The molecule has 0 bridgehead atoms. The van der Waals surface area contributed by atoms with Crippen LogP contribution in [0.4, 0.5) is 0 Å². The first kappa shape index (κ1) is 15.8. The molecule has 1 unspecified atom stereocenters. The van der Waals surface area contributed by atoms with Crippen LogP contribution < -0.4 is 5.32 Å². The second-order valence-corrected chi connectivity index (χ2v) is 6.46. The second kappa shape index (κ2) is 9.68. The lowest BCUT2D eigenvalue weighted by molar-refractivity contribution is -0.122. The lowest BCUT2D eigenvalue weighted by atomic mass is 9.97. The van der Waals surface area contributed by atoms with E-state index in [1.807, 2.05) is 11.8 Å². The van der Waals surface area contributed by atoms with Crippen molar-refractivity contribution in [2.45, 2.75) is 45.4 Å². The molecule has 18 heavy (non-hydrogen) atoms. The highest BCUT2D eigenvalue weighted by molar-refractivity contribution is 7.99. The summed E-state index contributed by atoms with van der Waals surface area (Å²) in [6, 6.07) is 0. The molecule has 1 amide bonds. The van der Waals surface area contributed by atoms with E-state index in [0.717, 1.165) is 25.8 Å². The van der Waals surface area contributed by atoms with E-state index in [2.05, 4.69) is 12.2 Å². The molecule has 1 heterocycles. The molecule has 1 atom stereocenters. The number of carbonyl (C=O) groups is 1. The first-order chi connectivity index (χ1) is 8.76. The monoisotopic (exact) mass is 273 g/mol. The largest absolute Gasteiger partial charge is 0.396 e. The van der Waals surface area contributed by atoms with Gasteiger partial charge >= 0.3 is 0 Å². The van der Waals surface area contributed by atoms with E-state index in [1.54, 1.807) is 0 Å². The predicted molar refractivity (Wildman–Crippen MR) is 77.8 cm³/mol. The molecule has 0 aromatic carbocycles. The molecule has 0 spiro atoms. The Morgan fingerprint density at radius 3 is 2.72 bits per heavy atom. The molecule has 0 aromatic rings. The van der Waals surface area contributed by atoms with Crippen LogP contribution in [0.15, 0.2) is 0 Å². The van der Waals surface area contributed by atoms with Gasteiger partial charge in [-0.15, -0.1) is 0 Å². The van der Waals surface area contributed by atoms with Crippen molar-refractivity contribution in [3.63, 3.8) is 0 Å². The Balaban J connectivity index is 2.17. The van der Waals surface area contributed by atoms with Crippen LogP contribution in [0.5, 0.6) is 0 Å². The molecule has 1 rings (SSSR count). The van der Waals surface area contributed by atoms with Gasteiger partial charge in [-0.1, -0.05) is 13.3 Å². The Kier molecular flexibility index (Phi) is 8.51. The summed E-state index contributed by atoms with van der Waals surface area (Å²) in [5.41, 5.74) is 0. The molecule has 1 aliphatic heterocycles. The zero-order valence-electron chi connectivity index (χ0n) is 11.5. The third-order valence-electron chi connectivity index (χ3n) is 3.64.